The maximum absolute atomic E-state index is 11.0. The number of carboxylic acid groups (broad SMARTS) is 1. The molecule has 28 heavy (non-hydrogen) atoms. The molecule has 6 heteroatoms. The summed E-state index contributed by atoms with van der Waals surface area (Å²) < 4.78 is 0. The molecule has 0 amide bonds. The van der Waals surface area contributed by atoms with Gasteiger partial charge in [-0.1, -0.05) is 34.1 Å². The van der Waals surface area contributed by atoms with Gasteiger partial charge < -0.3 is 25.3 Å². The highest BCUT2D eigenvalue weighted by Gasteiger charge is 2.36. The van der Waals surface area contributed by atoms with Crippen LogP contribution >= 0.6 is 0 Å². The summed E-state index contributed by atoms with van der Waals surface area (Å²) in [6.07, 6.45) is 2.21. The van der Waals surface area contributed by atoms with Crippen molar-refractivity contribution in [3.05, 3.63) is 0 Å². The number of aliphatic carboxylic acids is 1. The average Bonchev–Trinajstić information content (AvgIpc) is 2.51. The predicted octanol–water partition coefficient (Wildman–Crippen LogP) is 3.13. The van der Waals surface area contributed by atoms with Crippen LogP contribution in [0.4, 0.5) is 0 Å². The molecule has 0 aliphatic heterocycles. The van der Waals surface area contributed by atoms with E-state index in [4.69, 9.17) is 5.11 Å². The highest BCUT2D eigenvalue weighted by atomic mass is 16.4. The Labute approximate surface area is 172 Å². The lowest BCUT2D eigenvalue weighted by molar-refractivity contribution is -0.141. The van der Waals surface area contributed by atoms with Crippen LogP contribution in [0, 0.1) is 17.8 Å². The van der Waals surface area contributed by atoms with E-state index >= 15 is 0 Å². The fourth-order valence-electron chi connectivity index (χ4n) is 4.51. The molecule has 4 N–H and O–H groups in total. The van der Waals surface area contributed by atoms with Gasteiger partial charge in [-0.3, -0.25) is 4.79 Å². The van der Waals surface area contributed by atoms with Crippen LogP contribution in [0.15, 0.2) is 0 Å². The van der Waals surface area contributed by atoms with Gasteiger partial charge in [0.15, 0.2) is 0 Å². The molecule has 7 atom stereocenters. The summed E-state index contributed by atoms with van der Waals surface area (Å²) in [4.78, 5) is 13.1. The van der Waals surface area contributed by atoms with Crippen molar-refractivity contribution in [2.45, 2.75) is 104 Å². The summed E-state index contributed by atoms with van der Waals surface area (Å²) in [5, 5.41) is 40.9. The van der Waals surface area contributed by atoms with Crippen LogP contribution in [0.5, 0.6) is 0 Å². The van der Waals surface area contributed by atoms with E-state index in [9.17, 15) is 20.1 Å². The molecule has 0 aliphatic carbocycles. The minimum absolute atomic E-state index is 0.121. The minimum atomic E-state index is -1.12. The van der Waals surface area contributed by atoms with Gasteiger partial charge in [-0.05, 0) is 65.3 Å². The van der Waals surface area contributed by atoms with E-state index in [0.717, 1.165) is 6.42 Å². The Balaban J connectivity index is 4.68. The van der Waals surface area contributed by atoms with Gasteiger partial charge in [0.1, 0.15) is 0 Å². The van der Waals surface area contributed by atoms with Crippen molar-refractivity contribution < 1.29 is 25.2 Å². The standard InChI is InChI=1S/C22H45NO5/c1-9-10-22(7,28)19(24)18(5)23(8)14-16(3)13-21(6,27)12-15(2)11-17(4)20(25)26/h15-19,24,27-28H,9-14H2,1-8H3,(H,25,26)/t15-,16+,17+,18+,19+,21?,22+/m0/s1. The monoisotopic (exact) mass is 403 g/mol. The van der Waals surface area contributed by atoms with E-state index < -0.39 is 29.2 Å². The second kappa shape index (κ2) is 11.5. The Hall–Kier alpha value is -0.690. The molecule has 1 unspecified atom stereocenters. The highest BCUT2D eigenvalue weighted by Crippen LogP contribution is 2.29. The predicted molar refractivity (Wildman–Crippen MR) is 113 cm³/mol. The fourth-order valence-corrected chi connectivity index (χ4v) is 4.51. The summed E-state index contributed by atoms with van der Waals surface area (Å²) in [6, 6.07) is -0.204. The zero-order valence-electron chi connectivity index (χ0n) is 19.3. The zero-order chi connectivity index (χ0) is 22.3. The molecule has 0 aromatic rings. The molecule has 0 saturated carbocycles. The maximum atomic E-state index is 11.0. The Morgan fingerprint density at radius 1 is 1.04 bits per heavy atom. The smallest absolute Gasteiger partial charge is 0.306 e. The van der Waals surface area contributed by atoms with Crippen molar-refractivity contribution in [2.75, 3.05) is 13.6 Å². The SMILES string of the molecule is CCC[C@@](C)(O)[C@H](O)[C@@H](C)N(C)C[C@H](C)CC(C)(O)C[C@@H](C)C[C@@H](C)C(=O)O. The van der Waals surface area contributed by atoms with Gasteiger partial charge in [0.05, 0.1) is 23.2 Å². The van der Waals surface area contributed by atoms with Crippen LogP contribution in [0.3, 0.4) is 0 Å². The molecule has 0 radical (unpaired) electrons. The van der Waals surface area contributed by atoms with Crippen molar-refractivity contribution >= 4 is 5.97 Å². The molecule has 0 aromatic heterocycles. The van der Waals surface area contributed by atoms with Gasteiger partial charge in [-0.2, -0.15) is 0 Å². The quantitative estimate of drug-likeness (QED) is 0.355. The van der Waals surface area contributed by atoms with Crippen LogP contribution in [-0.4, -0.2) is 68.2 Å². The third-order valence-corrected chi connectivity index (χ3v) is 5.90. The number of aliphatic hydroxyl groups is 3. The Morgan fingerprint density at radius 3 is 2.00 bits per heavy atom. The van der Waals surface area contributed by atoms with Crippen LogP contribution < -0.4 is 0 Å². The summed E-state index contributed by atoms with van der Waals surface area (Å²) in [5.41, 5.74) is -1.99. The van der Waals surface area contributed by atoms with Crippen molar-refractivity contribution in [3.8, 4) is 0 Å². The lowest BCUT2D eigenvalue weighted by atomic mass is 9.82. The second-order valence-electron chi connectivity index (χ2n) is 9.82. The van der Waals surface area contributed by atoms with Crippen molar-refractivity contribution in [1.29, 1.82) is 0 Å². The maximum Gasteiger partial charge on any atom is 0.306 e. The largest absolute Gasteiger partial charge is 0.481 e. The third kappa shape index (κ3) is 9.68. The Kier molecular flexibility index (Phi) is 11.2. The lowest BCUT2D eigenvalue weighted by Gasteiger charge is -2.39. The van der Waals surface area contributed by atoms with E-state index in [2.05, 4.69) is 6.92 Å². The topological polar surface area (TPSA) is 101 Å². The van der Waals surface area contributed by atoms with Crippen LogP contribution in [0.25, 0.3) is 0 Å². The van der Waals surface area contributed by atoms with Crippen molar-refractivity contribution in [3.63, 3.8) is 0 Å². The van der Waals surface area contributed by atoms with E-state index in [1.165, 1.54) is 0 Å². The molecule has 6 nitrogen and oxygen atoms in total. The average molecular weight is 404 g/mol. The van der Waals surface area contributed by atoms with Gasteiger partial charge in [0, 0.05) is 12.6 Å². The van der Waals surface area contributed by atoms with Gasteiger partial charge in [-0.15, -0.1) is 0 Å². The molecular weight excluding hydrogens is 358 g/mol. The zero-order valence-corrected chi connectivity index (χ0v) is 19.3. The molecule has 168 valence electrons. The summed E-state index contributed by atoms with van der Waals surface area (Å²) in [6.45, 7) is 13.8. The number of aliphatic hydroxyl groups excluding tert-OH is 1. The van der Waals surface area contributed by atoms with Crippen LogP contribution in [-0.2, 0) is 4.79 Å². The molecule has 0 aliphatic rings. The van der Waals surface area contributed by atoms with Crippen LogP contribution in [0.2, 0.25) is 0 Å². The number of hydrogen-bond donors (Lipinski definition) is 4. The molecule has 0 aromatic carbocycles. The normalized spacial score (nSPS) is 22.0. The van der Waals surface area contributed by atoms with E-state index in [1.807, 2.05) is 39.6 Å². The van der Waals surface area contributed by atoms with E-state index in [-0.39, 0.29) is 17.9 Å². The molecule has 0 saturated heterocycles. The number of nitrogens with zero attached hydrogens (tertiary/aromatic N) is 1. The first kappa shape index (κ1) is 27.3. The molecule has 0 heterocycles. The Bertz CT molecular complexity index is 466. The molecule has 0 fully saturated rings. The van der Waals surface area contributed by atoms with Gasteiger partial charge in [-0.25, -0.2) is 0 Å². The Morgan fingerprint density at radius 2 is 1.54 bits per heavy atom. The van der Waals surface area contributed by atoms with Gasteiger partial charge in [0.25, 0.3) is 0 Å². The van der Waals surface area contributed by atoms with E-state index in [1.54, 1.807) is 13.8 Å². The fraction of sp³-hybridized carbons (Fsp3) is 0.955. The highest BCUT2D eigenvalue weighted by molar-refractivity contribution is 5.69. The summed E-state index contributed by atoms with van der Waals surface area (Å²) in [5.74, 6) is -0.897. The first-order valence-corrected chi connectivity index (χ1v) is 10.7. The minimum Gasteiger partial charge on any atom is -0.481 e. The second-order valence-corrected chi connectivity index (χ2v) is 9.82. The molecular formula is C22H45NO5. The molecule has 0 bridgehead atoms. The first-order valence-electron chi connectivity index (χ1n) is 10.7. The number of hydrogen-bond acceptors (Lipinski definition) is 5. The van der Waals surface area contributed by atoms with Gasteiger partial charge in [0.2, 0.25) is 0 Å². The van der Waals surface area contributed by atoms with Crippen molar-refractivity contribution in [2.24, 2.45) is 17.8 Å². The summed E-state index contributed by atoms with van der Waals surface area (Å²) in [7, 11) is 1.93. The first-order chi connectivity index (χ1) is 12.6. The number of likely N-dealkylation sites (N-methyl/N-ethyl adjacent to an activating group) is 1. The summed E-state index contributed by atoms with van der Waals surface area (Å²) >= 11 is 0. The molecule has 0 spiro atoms. The van der Waals surface area contributed by atoms with Gasteiger partial charge >= 0.3 is 5.97 Å². The molecule has 0 rings (SSSR count). The third-order valence-electron chi connectivity index (χ3n) is 5.90. The lowest BCUT2D eigenvalue weighted by Crippen LogP contribution is -2.52. The number of carbonyl (C=O) groups is 1. The van der Waals surface area contributed by atoms with Crippen molar-refractivity contribution in [1.82, 2.24) is 4.90 Å². The van der Waals surface area contributed by atoms with E-state index in [0.29, 0.717) is 32.2 Å². The number of carboxylic acids is 1. The van der Waals surface area contributed by atoms with Crippen LogP contribution in [0.1, 0.15) is 80.6 Å². The number of rotatable bonds is 14.